The average molecular weight is 208 g/mol. The number of aryl methyl sites for hydroxylation is 1. The second kappa shape index (κ2) is 5.34. The fourth-order valence-corrected chi connectivity index (χ4v) is 1.26. The van der Waals surface area contributed by atoms with Gasteiger partial charge < -0.3 is 9.64 Å². The van der Waals surface area contributed by atoms with E-state index < -0.39 is 0 Å². The quantitative estimate of drug-likeness (QED) is 0.701. The van der Waals surface area contributed by atoms with Crippen LogP contribution >= 0.6 is 0 Å². The predicted molar refractivity (Wildman–Crippen MR) is 58.9 cm³/mol. The Kier molecular flexibility index (Phi) is 4.09. The van der Waals surface area contributed by atoms with Crippen molar-refractivity contribution in [3.05, 3.63) is 24.0 Å². The summed E-state index contributed by atoms with van der Waals surface area (Å²) in [5.74, 6) is -0.187. The molecule has 1 aromatic rings. The third-order valence-corrected chi connectivity index (χ3v) is 2.20. The Morgan fingerprint density at radius 2 is 2.33 bits per heavy atom. The monoisotopic (exact) mass is 208 g/mol. The maximum atomic E-state index is 11.0. The third-order valence-electron chi connectivity index (χ3n) is 2.20. The Balaban J connectivity index is 2.53. The smallest absolute Gasteiger partial charge is 0.307 e. The summed E-state index contributed by atoms with van der Waals surface area (Å²) in [6.07, 6.45) is 2.16. The van der Waals surface area contributed by atoms with Gasteiger partial charge in [0.25, 0.3) is 0 Å². The molecule has 0 saturated heterocycles. The van der Waals surface area contributed by atoms with Crippen LogP contribution in [0.5, 0.6) is 0 Å². The van der Waals surface area contributed by atoms with Gasteiger partial charge in [0.05, 0.1) is 13.5 Å². The molecule has 0 aliphatic rings. The number of rotatable bonds is 4. The number of pyridine rings is 1. The number of aromatic nitrogens is 1. The predicted octanol–water partition coefficient (Wildman–Crippen LogP) is 1.39. The lowest BCUT2D eigenvalue weighted by Gasteiger charge is -2.18. The van der Waals surface area contributed by atoms with Crippen LogP contribution in [0.3, 0.4) is 0 Å². The summed E-state index contributed by atoms with van der Waals surface area (Å²) in [6, 6.07) is 3.90. The molecule has 0 fully saturated rings. The molecule has 0 N–H and O–H groups in total. The van der Waals surface area contributed by atoms with Crippen molar-refractivity contribution < 1.29 is 9.53 Å². The van der Waals surface area contributed by atoms with E-state index in [9.17, 15) is 4.79 Å². The van der Waals surface area contributed by atoms with Gasteiger partial charge in [-0.2, -0.15) is 0 Å². The van der Waals surface area contributed by atoms with Crippen molar-refractivity contribution in [1.82, 2.24) is 4.98 Å². The molecule has 0 aliphatic heterocycles. The van der Waals surface area contributed by atoms with Gasteiger partial charge in [0.2, 0.25) is 0 Å². The number of carbonyl (C=O) groups excluding carboxylic acids is 1. The molecular formula is C11H16N2O2. The van der Waals surface area contributed by atoms with Crippen molar-refractivity contribution in [3.63, 3.8) is 0 Å². The number of esters is 1. The molecule has 15 heavy (non-hydrogen) atoms. The lowest BCUT2D eigenvalue weighted by molar-refractivity contribution is -0.140. The topological polar surface area (TPSA) is 42.4 Å². The highest BCUT2D eigenvalue weighted by molar-refractivity contribution is 5.70. The van der Waals surface area contributed by atoms with Gasteiger partial charge in [-0.05, 0) is 19.1 Å². The van der Waals surface area contributed by atoms with E-state index in [0.717, 1.165) is 11.4 Å². The van der Waals surface area contributed by atoms with E-state index in [2.05, 4.69) is 9.72 Å². The fraction of sp³-hybridized carbons (Fsp3) is 0.455. The second-order valence-electron chi connectivity index (χ2n) is 3.40. The van der Waals surface area contributed by atoms with Crippen LogP contribution in [0.2, 0.25) is 0 Å². The van der Waals surface area contributed by atoms with Gasteiger partial charge in [-0.1, -0.05) is 0 Å². The number of nitrogens with zero attached hydrogens (tertiary/aromatic N) is 2. The maximum Gasteiger partial charge on any atom is 0.307 e. The summed E-state index contributed by atoms with van der Waals surface area (Å²) in [5, 5.41) is 0. The summed E-state index contributed by atoms with van der Waals surface area (Å²) in [4.78, 5) is 17.1. The largest absolute Gasteiger partial charge is 0.469 e. The SMILES string of the molecule is COC(=O)CCN(C)c1ccnc(C)c1. The Bertz CT molecular complexity index is 339. The first-order valence-electron chi connectivity index (χ1n) is 4.84. The summed E-state index contributed by atoms with van der Waals surface area (Å²) in [5.41, 5.74) is 2.03. The van der Waals surface area contributed by atoms with Gasteiger partial charge in [0.1, 0.15) is 0 Å². The summed E-state index contributed by atoms with van der Waals surface area (Å²) in [6.45, 7) is 2.59. The summed E-state index contributed by atoms with van der Waals surface area (Å²) in [7, 11) is 3.34. The van der Waals surface area contributed by atoms with Crippen molar-refractivity contribution in [2.24, 2.45) is 0 Å². The first kappa shape index (κ1) is 11.5. The summed E-state index contributed by atoms with van der Waals surface area (Å²) < 4.78 is 4.58. The molecule has 1 aromatic heterocycles. The second-order valence-corrected chi connectivity index (χ2v) is 3.40. The van der Waals surface area contributed by atoms with Crippen molar-refractivity contribution in [1.29, 1.82) is 0 Å². The van der Waals surface area contributed by atoms with Gasteiger partial charge >= 0.3 is 5.97 Å². The van der Waals surface area contributed by atoms with Gasteiger partial charge in [-0.3, -0.25) is 9.78 Å². The minimum Gasteiger partial charge on any atom is -0.469 e. The van der Waals surface area contributed by atoms with E-state index >= 15 is 0 Å². The van der Waals surface area contributed by atoms with E-state index in [-0.39, 0.29) is 5.97 Å². The zero-order chi connectivity index (χ0) is 11.3. The molecule has 0 radical (unpaired) electrons. The minimum atomic E-state index is -0.187. The molecule has 0 spiro atoms. The van der Waals surface area contributed by atoms with E-state index in [0.29, 0.717) is 13.0 Å². The number of methoxy groups -OCH3 is 1. The number of anilines is 1. The van der Waals surface area contributed by atoms with E-state index in [1.54, 1.807) is 6.20 Å². The van der Waals surface area contributed by atoms with E-state index in [1.807, 2.05) is 31.0 Å². The molecule has 0 unspecified atom stereocenters. The Hall–Kier alpha value is -1.58. The first-order chi connectivity index (χ1) is 7.13. The number of hydrogen-bond acceptors (Lipinski definition) is 4. The number of hydrogen-bond donors (Lipinski definition) is 0. The van der Waals surface area contributed by atoms with Gasteiger partial charge in [-0.15, -0.1) is 0 Å². The molecule has 1 heterocycles. The number of carbonyl (C=O) groups is 1. The van der Waals surface area contributed by atoms with Crippen LogP contribution in [-0.4, -0.2) is 31.7 Å². The highest BCUT2D eigenvalue weighted by atomic mass is 16.5. The molecule has 0 atom stereocenters. The number of ether oxygens (including phenoxy) is 1. The molecule has 4 heteroatoms. The van der Waals surface area contributed by atoms with Crippen molar-refractivity contribution in [2.45, 2.75) is 13.3 Å². The molecule has 0 aliphatic carbocycles. The van der Waals surface area contributed by atoms with E-state index in [1.165, 1.54) is 7.11 Å². The van der Waals surface area contributed by atoms with Crippen LogP contribution in [0.4, 0.5) is 5.69 Å². The van der Waals surface area contributed by atoms with Gasteiger partial charge in [0, 0.05) is 31.2 Å². The third kappa shape index (κ3) is 3.58. The Morgan fingerprint density at radius 3 is 2.93 bits per heavy atom. The van der Waals surface area contributed by atoms with Crippen molar-refractivity contribution in [3.8, 4) is 0 Å². The normalized spacial score (nSPS) is 9.80. The average Bonchev–Trinajstić information content (AvgIpc) is 2.25. The first-order valence-corrected chi connectivity index (χ1v) is 4.84. The Morgan fingerprint density at radius 1 is 1.60 bits per heavy atom. The van der Waals surface area contributed by atoms with E-state index in [4.69, 9.17) is 0 Å². The zero-order valence-electron chi connectivity index (χ0n) is 9.36. The summed E-state index contributed by atoms with van der Waals surface area (Å²) >= 11 is 0. The van der Waals surface area contributed by atoms with Crippen LogP contribution in [0, 0.1) is 6.92 Å². The highest BCUT2D eigenvalue weighted by Crippen LogP contribution is 2.12. The van der Waals surface area contributed by atoms with Crippen LogP contribution in [0.25, 0.3) is 0 Å². The standard InChI is InChI=1S/C11H16N2O2/c1-9-8-10(4-6-12-9)13(2)7-5-11(14)15-3/h4,6,8H,5,7H2,1-3H3. The van der Waals surface area contributed by atoms with Crippen LogP contribution in [0.15, 0.2) is 18.3 Å². The molecule has 0 aromatic carbocycles. The molecule has 0 amide bonds. The molecule has 0 bridgehead atoms. The fourth-order valence-electron chi connectivity index (χ4n) is 1.26. The van der Waals surface area contributed by atoms with Gasteiger partial charge in [-0.25, -0.2) is 0 Å². The molecule has 0 saturated carbocycles. The molecular weight excluding hydrogens is 192 g/mol. The lowest BCUT2D eigenvalue weighted by atomic mass is 10.3. The van der Waals surface area contributed by atoms with Crippen LogP contribution in [0.1, 0.15) is 12.1 Å². The Labute approximate surface area is 89.9 Å². The van der Waals surface area contributed by atoms with Crippen molar-refractivity contribution in [2.75, 3.05) is 25.6 Å². The zero-order valence-corrected chi connectivity index (χ0v) is 9.36. The molecule has 1 rings (SSSR count). The molecule has 82 valence electrons. The minimum absolute atomic E-state index is 0.187. The lowest BCUT2D eigenvalue weighted by Crippen LogP contribution is -2.21. The van der Waals surface area contributed by atoms with Gasteiger partial charge in [0.15, 0.2) is 0 Å². The highest BCUT2D eigenvalue weighted by Gasteiger charge is 2.05. The molecule has 4 nitrogen and oxygen atoms in total. The maximum absolute atomic E-state index is 11.0. The van der Waals surface area contributed by atoms with Crippen molar-refractivity contribution >= 4 is 11.7 Å². The van der Waals surface area contributed by atoms with Crippen LogP contribution in [-0.2, 0) is 9.53 Å². The van der Waals surface area contributed by atoms with Crippen LogP contribution < -0.4 is 4.90 Å².